The molecule has 1 aliphatic rings. The Balaban J connectivity index is 1.93. The third-order valence-electron chi connectivity index (χ3n) is 4.17. The van der Waals surface area contributed by atoms with Gasteiger partial charge in [0, 0.05) is 24.5 Å². The predicted molar refractivity (Wildman–Crippen MR) is 78.0 cm³/mol. The molecule has 0 bridgehead atoms. The normalized spacial score (nSPS) is 24.7. The number of hydrogen-bond acceptors (Lipinski definition) is 4. The van der Waals surface area contributed by atoms with Gasteiger partial charge >= 0.3 is 0 Å². The van der Waals surface area contributed by atoms with Crippen LogP contribution in [-0.2, 0) is 6.54 Å². The highest BCUT2D eigenvalue weighted by Crippen LogP contribution is 2.31. The number of nitrogens with one attached hydrogen (secondary N) is 1. The lowest BCUT2D eigenvalue weighted by Crippen LogP contribution is -2.46. The maximum absolute atomic E-state index is 4.33. The summed E-state index contributed by atoms with van der Waals surface area (Å²) in [6.45, 7) is 9.04. The summed E-state index contributed by atoms with van der Waals surface area (Å²) in [6.07, 6.45) is 3.95. The zero-order valence-electron chi connectivity index (χ0n) is 11.8. The van der Waals surface area contributed by atoms with Crippen molar-refractivity contribution in [1.82, 2.24) is 15.2 Å². The lowest BCUT2D eigenvalue weighted by Gasteiger charge is -2.40. The van der Waals surface area contributed by atoms with Gasteiger partial charge in [0.1, 0.15) is 0 Å². The summed E-state index contributed by atoms with van der Waals surface area (Å²) < 4.78 is 0. The van der Waals surface area contributed by atoms with Crippen LogP contribution in [0.4, 0.5) is 0 Å². The first-order chi connectivity index (χ1) is 8.65. The molecular formula is C14H25N3S. The van der Waals surface area contributed by atoms with Crippen LogP contribution in [0.25, 0.3) is 0 Å². The van der Waals surface area contributed by atoms with E-state index in [1.807, 2.05) is 5.51 Å². The summed E-state index contributed by atoms with van der Waals surface area (Å²) >= 11 is 1.78. The fraction of sp³-hybridized carbons (Fsp3) is 0.786. The predicted octanol–water partition coefficient (Wildman–Crippen LogP) is 2.66. The van der Waals surface area contributed by atoms with Gasteiger partial charge in [-0.3, -0.25) is 0 Å². The topological polar surface area (TPSA) is 28.2 Å². The van der Waals surface area contributed by atoms with Gasteiger partial charge in [-0.25, -0.2) is 4.98 Å². The second-order valence-electron chi connectivity index (χ2n) is 5.67. The van der Waals surface area contributed by atoms with Crippen LogP contribution in [0.1, 0.15) is 36.8 Å². The molecule has 1 fully saturated rings. The van der Waals surface area contributed by atoms with E-state index in [9.17, 15) is 0 Å². The molecule has 1 aromatic heterocycles. The average molecular weight is 267 g/mol. The van der Waals surface area contributed by atoms with Gasteiger partial charge < -0.3 is 10.2 Å². The number of nitrogens with zero attached hydrogens (tertiary/aromatic N) is 2. The Morgan fingerprint density at radius 3 is 2.94 bits per heavy atom. The van der Waals surface area contributed by atoms with Crippen LogP contribution in [0.2, 0.25) is 0 Å². The molecule has 0 saturated carbocycles. The van der Waals surface area contributed by atoms with E-state index in [4.69, 9.17) is 0 Å². The van der Waals surface area contributed by atoms with E-state index in [-0.39, 0.29) is 0 Å². The molecule has 3 nitrogen and oxygen atoms in total. The van der Waals surface area contributed by atoms with Crippen LogP contribution in [0.3, 0.4) is 0 Å². The van der Waals surface area contributed by atoms with E-state index in [2.05, 4.69) is 36.1 Å². The molecule has 0 spiro atoms. The Morgan fingerprint density at radius 1 is 1.56 bits per heavy atom. The van der Waals surface area contributed by atoms with Crippen molar-refractivity contribution in [2.45, 2.75) is 39.7 Å². The van der Waals surface area contributed by atoms with Gasteiger partial charge in [-0.15, -0.1) is 11.3 Å². The standard InChI is InChI=1S/C14H25N3S/c1-4-14(6-5-7-15-9-14)10-17(3)8-13-12(2)16-11-18-13/h11,15H,4-10H2,1-3H3. The number of aromatic nitrogens is 1. The quantitative estimate of drug-likeness (QED) is 0.889. The summed E-state index contributed by atoms with van der Waals surface area (Å²) in [5.74, 6) is 0. The third kappa shape index (κ3) is 3.31. The Morgan fingerprint density at radius 2 is 2.39 bits per heavy atom. The summed E-state index contributed by atoms with van der Waals surface area (Å²) in [7, 11) is 2.24. The van der Waals surface area contributed by atoms with Gasteiger partial charge in [0.2, 0.25) is 0 Å². The Kier molecular flexibility index (Phi) is 4.76. The molecule has 18 heavy (non-hydrogen) atoms. The fourth-order valence-corrected chi connectivity index (χ4v) is 3.79. The highest BCUT2D eigenvalue weighted by molar-refractivity contribution is 7.09. The van der Waals surface area contributed by atoms with Gasteiger partial charge in [-0.1, -0.05) is 6.92 Å². The van der Waals surface area contributed by atoms with E-state index in [0.717, 1.165) is 6.54 Å². The van der Waals surface area contributed by atoms with Gasteiger partial charge in [0.15, 0.2) is 0 Å². The number of piperidine rings is 1. The minimum Gasteiger partial charge on any atom is -0.316 e. The van der Waals surface area contributed by atoms with Gasteiger partial charge in [-0.2, -0.15) is 0 Å². The van der Waals surface area contributed by atoms with Gasteiger partial charge in [-0.05, 0) is 45.2 Å². The largest absolute Gasteiger partial charge is 0.316 e. The van der Waals surface area contributed by atoms with Crippen molar-refractivity contribution in [3.63, 3.8) is 0 Å². The first-order valence-electron chi connectivity index (χ1n) is 6.93. The van der Waals surface area contributed by atoms with Crippen molar-refractivity contribution in [1.29, 1.82) is 0 Å². The van der Waals surface area contributed by atoms with E-state index < -0.39 is 0 Å². The van der Waals surface area contributed by atoms with E-state index in [0.29, 0.717) is 5.41 Å². The monoisotopic (exact) mass is 267 g/mol. The highest BCUT2D eigenvalue weighted by Gasteiger charge is 2.31. The second-order valence-corrected chi connectivity index (χ2v) is 6.61. The summed E-state index contributed by atoms with van der Waals surface area (Å²) in [5.41, 5.74) is 3.63. The van der Waals surface area contributed by atoms with Crippen LogP contribution in [0.15, 0.2) is 5.51 Å². The lowest BCUT2D eigenvalue weighted by molar-refractivity contribution is 0.125. The summed E-state index contributed by atoms with van der Waals surface area (Å²) in [6, 6.07) is 0. The molecule has 1 atom stereocenters. The van der Waals surface area contributed by atoms with E-state index in [1.54, 1.807) is 11.3 Å². The zero-order chi connectivity index (χ0) is 13.0. The molecule has 1 saturated heterocycles. The smallest absolute Gasteiger partial charge is 0.0798 e. The first kappa shape index (κ1) is 14.0. The van der Waals surface area contributed by atoms with Crippen LogP contribution in [0.5, 0.6) is 0 Å². The molecule has 0 aromatic carbocycles. The molecule has 0 aliphatic carbocycles. The molecule has 2 rings (SSSR count). The van der Waals surface area contributed by atoms with E-state index >= 15 is 0 Å². The molecule has 102 valence electrons. The highest BCUT2D eigenvalue weighted by atomic mass is 32.1. The van der Waals surface area contributed by atoms with E-state index in [1.165, 1.54) is 49.5 Å². The van der Waals surface area contributed by atoms with Crippen LogP contribution >= 0.6 is 11.3 Å². The Bertz CT molecular complexity index is 369. The van der Waals surface area contributed by atoms with Crippen molar-refractivity contribution in [3.8, 4) is 0 Å². The van der Waals surface area contributed by atoms with Gasteiger partial charge in [0.25, 0.3) is 0 Å². The van der Waals surface area contributed by atoms with Crippen LogP contribution in [-0.4, -0.2) is 36.6 Å². The molecule has 0 radical (unpaired) electrons. The molecule has 2 heterocycles. The molecular weight excluding hydrogens is 242 g/mol. The van der Waals surface area contributed by atoms with Gasteiger partial charge in [0.05, 0.1) is 11.2 Å². The molecule has 4 heteroatoms. The molecule has 1 N–H and O–H groups in total. The molecule has 1 unspecified atom stereocenters. The maximum atomic E-state index is 4.33. The van der Waals surface area contributed by atoms with Crippen molar-refractivity contribution in [3.05, 3.63) is 16.1 Å². The van der Waals surface area contributed by atoms with Crippen molar-refractivity contribution >= 4 is 11.3 Å². The molecule has 0 amide bonds. The average Bonchev–Trinajstić information content (AvgIpc) is 2.76. The first-order valence-corrected chi connectivity index (χ1v) is 7.81. The van der Waals surface area contributed by atoms with Crippen molar-refractivity contribution in [2.75, 3.05) is 26.7 Å². The summed E-state index contributed by atoms with van der Waals surface area (Å²) in [4.78, 5) is 8.21. The number of hydrogen-bond donors (Lipinski definition) is 1. The van der Waals surface area contributed by atoms with Crippen LogP contribution < -0.4 is 5.32 Å². The zero-order valence-corrected chi connectivity index (χ0v) is 12.6. The minimum atomic E-state index is 0.478. The number of rotatable bonds is 5. The second kappa shape index (κ2) is 6.13. The molecule has 1 aliphatic heterocycles. The summed E-state index contributed by atoms with van der Waals surface area (Å²) in [5, 5.41) is 3.57. The SMILES string of the molecule is CCC1(CN(C)Cc2scnc2C)CCCNC1. The van der Waals surface area contributed by atoms with Crippen molar-refractivity contribution in [2.24, 2.45) is 5.41 Å². The maximum Gasteiger partial charge on any atom is 0.0798 e. The minimum absolute atomic E-state index is 0.478. The third-order valence-corrected chi connectivity index (χ3v) is 5.09. The van der Waals surface area contributed by atoms with Crippen molar-refractivity contribution < 1.29 is 0 Å². The lowest BCUT2D eigenvalue weighted by atomic mass is 9.78. The Hall–Kier alpha value is -0.450. The van der Waals surface area contributed by atoms with Crippen LogP contribution in [0, 0.1) is 12.3 Å². The number of thiazole rings is 1. The molecule has 1 aromatic rings. The fourth-order valence-electron chi connectivity index (χ4n) is 2.93. The number of aryl methyl sites for hydroxylation is 1. The Labute approximate surface area is 115 Å².